The molecule has 2 heterocycles. The number of fused-ring (bicyclic) bond motifs is 4. The van der Waals surface area contributed by atoms with Gasteiger partial charge in [-0.1, -0.05) is 238 Å². The minimum absolute atomic E-state index is 0.0254. The maximum absolute atomic E-state index is 2.93. The summed E-state index contributed by atoms with van der Waals surface area (Å²) >= 11 is 0. The van der Waals surface area contributed by atoms with Crippen LogP contribution in [0.2, 0.25) is 0 Å². The third-order valence-electron chi connectivity index (χ3n) is 15.0. The van der Waals surface area contributed by atoms with Crippen LogP contribution in [-0.2, 0) is 16.2 Å². The molecule has 9 aromatic rings. The molecule has 0 N–H and O–H groups in total. The smallest absolute Gasteiger partial charge is 0.252 e. The molecule has 0 bridgehead atoms. The van der Waals surface area contributed by atoms with Gasteiger partial charge in [-0.05, 0) is 124 Å². The van der Waals surface area contributed by atoms with Crippen molar-refractivity contribution < 1.29 is 0 Å². The van der Waals surface area contributed by atoms with E-state index in [4.69, 9.17) is 0 Å². The van der Waals surface area contributed by atoms with Crippen LogP contribution < -0.4 is 46.9 Å². The van der Waals surface area contributed by atoms with E-state index in [1.54, 1.807) is 0 Å². The van der Waals surface area contributed by atoms with Gasteiger partial charge in [-0.3, -0.25) is 0 Å². The summed E-state index contributed by atoms with van der Waals surface area (Å²) in [7, 11) is -2.93. The monoisotopic (exact) mass is 922 g/mol. The molecule has 9 aromatic carbocycles. The zero-order valence-corrected chi connectivity index (χ0v) is 43.3. The van der Waals surface area contributed by atoms with Crippen molar-refractivity contribution in [2.75, 3.05) is 9.80 Å². The molecular weight excluding hydrogens is 860 g/mol. The van der Waals surface area contributed by atoms with Gasteiger partial charge in [0.25, 0.3) is 6.71 Å². The number of hydrogen-bond acceptors (Lipinski definition) is 2. The Bertz CT molecular complexity index is 3270. The van der Waals surface area contributed by atoms with Crippen molar-refractivity contribution in [2.24, 2.45) is 0 Å². The Balaban J connectivity index is 1.30. The molecule has 2 aliphatic heterocycles. The highest BCUT2D eigenvalue weighted by Gasteiger charge is 2.47. The first-order valence-corrected chi connectivity index (χ1v) is 27.1. The highest BCUT2D eigenvalue weighted by Crippen LogP contribution is 2.48. The number of benzene rings is 9. The van der Waals surface area contributed by atoms with E-state index in [2.05, 4.69) is 291 Å². The lowest BCUT2D eigenvalue weighted by atomic mass is 9.33. The standard InChI is InChI=1S/C66H63BN2Si/c1-64(2,3)48-34-37-50(38-35-48)68-59-40-36-49(65(4,5)6)44-56(59)67-57-45-54(70(51-26-16-11-17-27-51,52-28-18-12-19-29-52)53-30-20-13-21-31-53)39-41-60(57)69(58-33-23-22-32-55(58)66(7,8)9)62-43-47(42-61(68)63(62)67)46-24-14-10-15-25-46/h10-45H,1-9H3. The molecule has 344 valence electrons. The van der Waals surface area contributed by atoms with Gasteiger partial charge in [0.15, 0.2) is 8.07 Å². The quantitative estimate of drug-likeness (QED) is 0.116. The molecule has 0 radical (unpaired) electrons. The van der Waals surface area contributed by atoms with Crippen molar-refractivity contribution in [3.63, 3.8) is 0 Å². The van der Waals surface area contributed by atoms with Crippen LogP contribution >= 0.6 is 0 Å². The lowest BCUT2D eigenvalue weighted by Crippen LogP contribution is -2.75. The van der Waals surface area contributed by atoms with Crippen LogP contribution in [-0.4, -0.2) is 14.8 Å². The fourth-order valence-corrected chi connectivity index (χ4v) is 16.3. The molecule has 0 spiro atoms. The zero-order valence-electron chi connectivity index (χ0n) is 42.3. The van der Waals surface area contributed by atoms with Crippen molar-refractivity contribution in [3.8, 4) is 11.1 Å². The zero-order chi connectivity index (χ0) is 48.6. The molecule has 0 saturated heterocycles. The Labute approximate surface area is 418 Å². The fourth-order valence-electron chi connectivity index (χ4n) is 11.5. The minimum Gasteiger partial charge on any atom is -0.311 e. The summed E-state index contributed by atoms with van der Waals surface area (Å²) < 4.78 is 0. The molecule has 2 aliphatic rings. The van der Waals surface area contributed by atoms with Gasteiger partial charge in [-0.25, -0.2) is 0 Å². The van der Waals surface area contributed by atoms with Crippen LogP contribution in [0.4, 0.5) is 34.1 Å². The summed E-state index contributed by atoms with van der Waals surface area (Å²) in [6, 6.07) is 83.6. The first-order chi connectivity index (χ1) is 33.6. The van der Waals surface area contributed by atoms with Gasteiger partial charge in [0.05, 0.1) is 0 Å². The first kappa shape index (κ1) is 45.3. The van der Waals surface area contributed by atoms with E-state index < -0.39 is 8.07 Å². The van der Waals surface area contributed by atoms with Crippen LogP contribution in [0.15, 0.2) is 218 Å². The third kappa shape index (κ3) is 7.56. The van der Waals surface area contributed by atoms with Gasteiger partial charge >= 0.3 is 0 Å². The minimum atomic E-state index is -2.93. The maximum atomic E-state index is 2.66. The maximum Gasteiger partial charge on any atom is 0.252 e. The van der Waals surface area contributed by atoms with Gasteiger partial charge in [-0.2, -0.15) is 0 Å². The first-order valence-electron chi connectivity index (χ1n) is 25.1. The number of rotatable bonds is 7. The Morgan fingerprint density at radius 3 is 1.33 bits per heavy atom. The molecule has 0 atom stereocenters. The Morgan fingerprint density at radius 2 is 0.786 bits per heavy atom. The van der Waals surface area contributed by atoms with Gasteiger partial charge in [0.2, 0.25) is 0 Å². The van der Waals surface area contributed by atoms with Gasteiger partial charge in [-0.15, -0.1) is 0 Å². The van der Waals surface area contributed by atoms with E-state index in [9.17, 15) is 0 Å². The van der Waals surface area contributed by atoms with Crippen molar-refractivity contribution in [2.45, 2.75) is 78.6 Å². The number of para-hydroxylation sites is 1. The van der Waals surface area contributed by atoms with Crippen molar-refractivity contribution in [1.82, 2.24) is 0 Å². The predicted molar refractivity (Wildman–Crippen MR) is 306 cm³/mol. The van der Waals surface area contributed by atoms with Crippen molar-refractivity contribution in [3.05, 3.63) is 235 Å². The molecule has 2 nitrogen and oxygen atoms in total. The summed E-state index contributed by atoms with van der Waals surface area (Å²) in [6.07, 6.45) is 0. The number of anilines is 6. The van der Waals surface area contributed by atoms with E-state index in [1.165, 1.54) is 93.4 Å². The predicted octanol–water partition coefficient (Wildman–Crippen LogP) is 12.7. The summed E-state index contributed by atoms with van der Waals surface area (Å²) in [5.41, 5.74) is 17.4. The van der Waals surface area contributed by atoms with Crippen LogP contribution in [0.25, 0.3) is 11.1 Å². The Hall–Kier alpha value is -7.14. The molecule has 11 rings (SSSR count). The summed E-state index contributed by atoms with van der Waals surface area (Å²) in [4.78, 5) is 5.22. The fraction of sp³-hybridized carbons (Fsp3) is 0.182. The van der Waals surface area contributed by atoms with E-state index in [0.717, 1.165) is 5.69 Å². The van der Waals surface area contributed by atoms with Crippen LogP contribution in [0.1, 0.15) is 79.0 Å². The lowest BCUT2D eigenvalue weighted by Gasteiger charge is -2.46. The third-order valence-corrected chi connectivity index (χ3v) is 19.8. The second-order valence-corrected chi connectivity index (χ2v) is 26.4. The topological polar surface area (TPSA) is 6.48 Å². The number of nitrogens with zero attached hydrogens (tertiary/aromatic N) is 2. The average molecular weight is 923 g/mol. The van der Waals surface area contributed by atoms with Crippen LogP contribution in [0, 0.1) is 0 Å². The van der Waals surface area contributed by atoms with E-state index in [0.29, 0.717) is 0 Å². The summed E-state index contributed by atoms with van der Waals surface area (Å²) in [6.45, 7) is 20.9. The van der Waals surface area contributed by atoms with Crippen molar-refractivity contribution in [1.29, 1.82) is 0 Å². The highest BCUT2D eigenvalue weighted by molar-refractivity contribution is 7.20. The van der Waals surface area contributed by atoms with Crippen molar-refractivity contribution >= 4 is 86.0 Å². The molecular formula is C66H63BN2Si. The molecule has 4 heteroatoms. The molecule has 0 unspecified atom stereocenters. The van der Waals surface area contributed by atoms with Crippen LogP contribution in [0.5, 0.6) is 0 Å². The van der Waals surface area contributed by atoms with Gasteiger partial charge in [0, 0.05) is 34.1 Å². The molecule has 0 aliphatic carbocycles. The van der Waals surface area contributed by atoms with Gasteiger partial charge < -0.3 is 9.80 Å². The summed E-state index contributed by atoms with van der Waals surface area (Å²) in [5.74, 6) is 0. The second-order valence-electron chi connectivity index (χ2n) is 22.6. The molecule has 70 heavy (non-hydrogen) atoms. The average Bonchev–Trinajstić information content (AvgIpc) is 3.37. The Morgan fingerprint density at radius 1 is 0.329 bits per heavy atom. The van der Waals surface area contributed by atoms with E-state index >= 15 is 0 Å². The molecule has 0 fully saturated rings. The van der Waals surface area contributed by atoms with Crippen LogP contribution in [0.3, 0.4) is 0 Å². The molecule has 0 saturated carbocycles. The summed E-state index contributed by atoms with van der Waals surface area (Å²) in [5, 5.41) is 5.49. The normalized spacial score (nSPS) is 13.4. The van der Waals surface area contributed by atoms with E-state index in [1.807, 2.05) is 0 Å². The Kier molecular flexibility index (Phi) is 11.1. The molecule has 0 amide bonds. The second kappa shape index (κ2) is 17.1. The number of hydrogen-bond donors (Lipinski definition) is 0. The molecule has 0 aromatic heterocycles. The largest absolute Gasteiger partial charge is 0.311 e. The highest BCUT2D eigenvalue weighted by atomic mass is 28.3. The SMILES string of the molecule is CC(C)(C)c1ccc(N2c3ccc(C(C)(C)C)cc3B3c4cc([Si](c5ccccc5)(c5ccccc5)c5ccccc5)ccc4N(c4ccccc4C(C)(C)C)c4cc(-c5ccccc5)cc2c43)cc1. The van der Waals surface area contributed by atoms with E-state index in [-0.39, 0.29) is 23.0 Å². The lowest BCUT2D eigenvalue weighted by molar-refractivity contribution is 0.590. The van der Waals surface area contributed by atoms with Gasteiger partial charge in [0.1, 0.15) is 0 Å².